The summed E-state index contributed by atoms with van der Waals surface area (Å²) in [5.41, 5.74) is 12.9. The number of aryl methyl sites for hydroxylation is 2. The second-order valence-electron chi connectivity index (χ2n) is 6.23. The normalized spacial score (nSPS) is 10.6. The van der Waals surface area contributed by atoms with E-state index in [4.69, 9.17) is 10.5 Å². The molecule has 3 aromatic rings. The van der Waals surface area contributed by atoms with Crippen molar-refractivity contribution >= 4 is 17.3 Å². The fraction of sp³-hybridized carbons (Fsp3) is 0.190. The molecule has 0 bridgehead atoms. The maximum atomic E-state index is 12.0. The summed E-state index contributed by atoms with van der Waals surface area (Å²) < 4.78 is 7.05. The number of nitrogens with two attached hydrogens (primary N) is 1. The number of hydrogen-bond donors (Lipinski definition) is 2. The Morgan fingerprint density at radius 2 is 1.62 bits per heavy atom. The quantitative estimate of drug-likeness (QED) is 0.548. The number of nitrogen functional groups attached to an aromatic ring is 1. The number of ether oxygens (including phenoxy) is 1. The topological polar surface area (TPSA) is 69.3 Å². The lowest BCUT2D eigenvalue weighted by Gasteiger charge is -2.14. The molecule has 26 heavy (non-hydrogen) atoms. The standard InChI is InChI=1S/C21H23N3O2/c1-13-5-6-14(2)24(13)17-9-7-15(8-10-17)16-11-18(21(25)26-4)20(22)19(12-16)23-3/h5-12,23H,22H2,1-4H3. The Balaban J connectivity index is 2.05. The summed E-state index contributed by atoms with van der Waals surface area (Å²) in [4.78, 5) is 12.0. The van der Waals surface area contributed by atoms with E-state index in [1.54, 1.807) is 13.1 Å². The Morgan fingerprint density at radius 1 is 1.00 bits per heavy atom. The first-order valence-electron chi connectivity index (χ1n) is 8.41. The number of carbonyl (C=O) groups excluding carboxylic acids is 1. The molecule has 5 nitrogen and oxygen atoms in total. The van der Waals surface area contributed by atoms with Crippen molar-refractivity contribution in [2.45, 2.75) is 13.8 Å². The van der Waals surface area contributed by atoms with E-state index >= 15 is 0 Å². The van der Waals surface area contributed by atoms with Gasteiger partial charge in [0.15, 0.2) is 0 Å². The highest BCUT2D eigenvalue weighted by molar-refractivity contribution is 6.00. The van der Waals surface area contributed by atoms with Gasteiger partial charge in [-0.25, -0.2) is 4.79 Å². The Kier molecular flexibility index (Phi) is 4.71. The predicted octanol–water partition coefficient (Wildman–Crippen LogP) is 4.17. The fourth-order valence-corrected chi connectivity index (χ4v) is 3.18. The molecule has 0 spiro atoms. The molecule has 134 valence electrons. The SMILES string of the molecule is CNc1cc(-c2ccc(-n3c(C)ccc3C)cc2)cc(C(=O)OC)c1N. The van der Waals surface area contributed by atoms with Gasteiger partial charge in [0.1, 0.15) is 0 Å². The van der Waals surface area contributed by atoms with Gasteiger partial charge in [-0.2, -0.15) is 0 Å². The highest BCUT2D eigenvalue weighted by Gasteiger charge is 2.15. The largest absolute Gasteiger partial charge is 0.465 e. The molecule has 0 fully saturated rings. The minimum absolute atomic E-state index is 0.357. The van der Waals surface area contributed by atoms with E-state index in [2.05, 4.69) is 48.0 Å². The number of rotatable bonds is 4. The summed E-state index contributed by atoms with van der Waals surface area (Å²) in [5.74, 6) is -0.448. The monoisotopic (exact) mass is 349 g/mol. The summed E-state index contributed by atoms with van der Waals surface area (Å²) in [6, 6.07) is 16.1. The molecule has 1 aromatic heterocycles. The number of aromatic nitrogens is 1. The van der Waals surface area contributed by atoms with Crippen LogP contribution in [0.5, 0.6) is 0 Å². The molecule has 0 aliphatic rings. The van der Waals surface area contributed by atoms with E-state index in [1.807, 2.05) is 18.2 Å². The number of carbonyl (C=O) groups is 1. The van der Waals surface area contributed by atoms with E-state index < -0.39 is 5.97 Å². The van der Waals surface area contributed by atoms with Gasteiger partial charge in [-0.05, 0) is 61.4 Å². The Labute approximate surface area is 153 Å². The lowest BCUT2D eigenvalue weighted by Crippen LogP contribution is -2.08. The summed E-state index contributed by atoms with van der Waals surface area (Å²) in [5, 5.41) is 3.04. The van der Waals surface area contributed by atoms with Gasteiger partial charge in [-0.1, -0.05) is 12.1 Å². The van der Waals surface area contributed by atoms with Gasteiger partial charge in [0.25, 0.3) is 0 Å². The second kappa shape index (κ2) is 6.96. The lowest BCUT2D eigenvalue weighted by molar-refractivity contribution is 0.0602. The molecular weight excluding hydrogens is 326 g/mol. The first kappa shape index (κ1) is 17.6. The third-order valence-corrected chi connectivity index (χ3v) is 4.58. The minimum atomic E-state index is -0.448. The number of hydrogen-bond acceptors (Lipinski definition) is 4. The van der Waals surface area contributed by atoms with E-state index in [-0.39, 0.29) is 0 Å². The van der Waals surface area contributed by atoms with Crippen LogP contribution >= 0.6 is 0 Å². The molecule has 0 unspecified atom stereocenters. The van der Waals surface area contributed by atoms with Crippen molar-refractivity contribution in [3.05, 3.63) is 65.5 Å². The summed E-state index contributed by atoms with van der Waals surface area (Å²) in [6.07, 6.45) is 0. The molecule has 0 saturated heterocycles. The van der Waals surface area contributed by atoms with Crippen LogP contribution in [0.1, 0.15) is 21.7 Å². The number of nitrogens with zero attached hydrogens (tertiary/aromatic N) is 1. The molecular formula is C21H23N3O2. The van der Waals surface area contributed by atoms with Crippen LogP contribution < -0.4 is 11.1 Å². The second-order valence-corrected chi connectivity index (χ2v) is 6.23. The minimum Gasteiger partial charge on any atom is -0.465 e. The number of esters is 1. The van der Waals surface area contributed by atoms with E-state index in [0.29, 0.717) is 16.9 Å². The number of benzene rings is 2. The summed E-state index contributed by atoms with van der Waals surface area (Å²) >= 11 is 0. The molecule has 5 heteroatoms. The smallest absolute Gasteiger partial charge is 0.340 e. The molecule has 0 radical (unpaired) electrons. The number of methoxy groups -OCH3 is 1. The van der Waals surface area contributed by atoms with Crippen LogP contribution in [0.15, 0.2) is 48.5 Å². The van der Waals surface area contributed by atoms with Crippen molar-refractivity contribution in [1.82, 2.24) is 4.57 Å². The third kappa shape index (κ3) is 3.04. The van der Waals surface area contributed by atoms with Gasteiger partial charge in [0, 0.05) is 24.1 Å². The van der Waals surface area contributed by atoms with Gasteiger partial charge in [0.2, 0.25) is 0 Å². The molecule has 0 aliphatic carbocycles. The molecule has 3 rings (SSSR count). The van der Waals surface area contributed by atoms with Crippen LogP contribution in [0.4, 0.5) is 11.4 Å². The fourth-order valence-electron chi connectivity index (χ4n) is 3.18. The van der Waals surface area contributed by atoms with Crippen molar-refractivity contribution in [3.63, 3.8) is 0 Å². The van der Waals surface area contributed by atoms with Crippen molar-refractivity contribution in [1.29, 1.82) is 0 Å². The maximum Gasteiger partial charge on any atom is 0.340 e. The summed E-state index contributed by atoms with van der Waals surface area (Å²) in [7, 11) is 3.13. The molecule has 2 aromatic carbocycles. The van der Waals surface area contributed by atoms with Crippen LogP contribution in [-0.4, -0.2) is 24.7 Å². The van der Waals surface area contributed by atoms with Gasteiger partial charge in [0.05, 0.1) is 24.0 Å². The van der Waals surface area contributed by atoms with E-state index in [0.717, 1.165) is 16.8 Å². The molecule has 1 heterocycles. The Morgan fingerprint density at radius 3 is 2.15 bits per heavy atom. The highest BCUT2D eigenvalue weighted by Crippen LogP contribution is 2.32. The molecule has 3 N–H and O–H groups in total. The molecule has 0 aliphatic heterocycles. The molecule has 0 atom stereocenters. The first-order valence-corrected chi connectivity index (χ1v) is 8.41. The zero-order valence-electron chi connectivity index (χ0n) is 15.5. The number of anilines is 2. The molecule has 0 saturated carbocycles. The van der Waals surface area contributed by atoms with Crippen LogP contribution in [0.2, 0.25) is 0 Å². The number of nitrogens with one attached hydrogen (secondary N) is 1. The van der Waals surface area contributed by atoms with Gasteiger partial charge in [-0.3, -0.25) is 0 Å². The van der Waals surface area contributed by atoms with Gasteiger partial charge < -0.3 is 20.4 Å². The van der Waals surface area contributed by atoms with E-state index in [9.17, 15) is 4.79 Å². The predicted molar refractivity (Wildman–Crippen MR) is 106 cm³/mol. The van der Waals surface area contributed by atoms with Gasteiger partial charge in [-0.15, -0.1) is 0 Å². The van der Waals surface area contributed by atoms with Crippen molar-refractivity contribution in [2.24, 2.45) is 0 Å². The average Bonchev–Trinajstić information content (AvgIpc) is 3.00. The zero-order chi connectivity index (χ0) is 18.8. The summed E-state index contributed by atoms with van der Waals surface area (Å²) in [6.45, 7) is 4.17. The Hall–Kier alpha value is -3.21. The zero-order valence-corrected chi connectivity index (χ0v) is 15.5. The average molecular weight is 349 g/mol. The van der Waals surface area contributed by atoms with Gasteiger partial charge >= 0.3 is 5.97 Å². The van der Waals surface area contributed by atoms with Crippen molar-refractivity contribution in [2.75, 3.05) is 25.2 Å². The van der Waals surface area contributed by atoms with Crippen molar-refractivity contribution < 1.29 is 9.53 Å². The molecule has 0 amide bonds. The third-order valence-electron chi connectivity index (χ3n) is 4.58. The van der Waals surface area contributed by atoms with Crippen LogP contribution in [0, 0.1) is 13.8 Å². The van der Waals surface area contributed by atoms with Crippen LogP contribution in [-0.2, 0) is 4.74 Å². The van der Waals surface area contributed by atoms with Crippen LogP contribution in [0.3, 0.4) is 0 Å². The highest BCUT2D eigenvalue weighted by atomic mass is 16.5. The first-order chi connectivity index (χ1) is 12.5. The Bertz CT molecular complexity index is 937. The maximum absolute atomic E-state index is 12.0. The van der Waals surface area contributed by atoms with E-state index in [1.165, 1.54) is 18.5 Å². The lowest BCUT2D eigenvalue weighted by atomic mass is 10.00. The van der Waals surface area contributed by atoms with Crippen molar-refractivity contribution in [3.8, 4) is 16.8 Å². The van der Waals surface area contributed by atoms with Crippen LogP contribution in [0.25, 0.3) is 16.8 Å².